The number of rotatable bonds is 6. The lowest BCUT2D eigenvalue weighted by Crippen LogP contribution is -2.49. The van der Waals surface area contributed by atoms with Gasteiger partial charge in [-0.25, -0.2) is 4.79 Å². The number of nitrogens with one attached hydrogen (secondary N) is 1. The molecule has 0 atom stereocenters. The van der Waals surface area contributed by atoms with Gasteiger partial charge in [0.1, 0.15) is 0 Å². The van der Waals surface area contributed by atoms with Crippen molar-refractivity contribution in [3.05, 3.63) is 65.7 Å². The quantitative estimate of drug-likeness (QED) is 0.794. The SMILES string of the molecule is COC(=O)c1ccc(NCC(=O)N2CCN(Cc3ccccc3)CC2)cc1. The van der Waals surface area contributed by atoms with Crippen LogP contribution >= 0.6 is 0 Å². The van der Waals surface area contributed by atoms with Crippen molar-refractivity contribution in [1.82, 2.24) is 9.80 Å². The van der Waals surface area contributed by atoms with Crippen LogP contribution in [0.4, 0.5) is 5.69 Å². The van der Waals surface area contributed by atoms with E-state index in [1.807, 2.05) is 11.0 Å². The van der Waals surface area contributed by atoms with E-state index in [-0.39, 0.29) is 18.4 Å². The van der Waals surface area contributed by atoms with E-state index in [1.54, 1.807) is 24.3 Å². The van der Waals surface area contributed by atoms with Crippen molar-refractivity contribution in [2.45, 2.75) is 6.54 Å². The Bertz CT molecular complexity index is 754. The van der Waals surface area contributed by atoms with Gasteiger partial charge < -0.3 is 15.0 Å². The van der Waals surface area contributed by atoms with Gasteiger partial charge in [-0.2, -0.15) is 0 Å². The summed E-state index contributed by atoms with van der Waals surface area (Å²) in [6.07, 6.45) is 0. The fraction of sp³-hybridized carbons (Fsp3) is 0.333. The first-order valence-corrected chi connectivity index (χ1v) is 9.12. The molecule has 1 N–H and O–H groups in total. The number of piperazine rings is 1. The topological polar surface area (TPSA) is 61.9 Å². The van der Waals surface area contributed by atoms with Crippen molar-refractivity contribution in [3.63, 3.8) is 0 Å². The fourth-order valence-electron chi connectivity index (χ4n) is 3.13. The second kappa shape index (κ2) is 9.19. The van der Waals surface area contributed by atoms with Crippen molar-refractivity contribution < 1.29 is 14.3 Å². The predicted molar refractivity (Wildman–Crippen MR) is 105 cm³/mol. The molecule has 1 fully saturated rings. The van der Waals surface area contributed by atoms with Gasteiger partial charge >= 0.3 is 5.97 Å². The van der Waals surface area contributed by atoms with E-state index in [1.165, 1.54) is 12.7 Å². The van der Waals surface area contributed by atoms with Gasteiger partial charge in [0.25, 0.3) is 0 Å². The summed E-state index contributed by atoms with van der Waals surface area (Å²) < 4.78 is 4.68. The highest BCUT2D eigenvalue weighted by Gasteiger charge is 2.20. The molecule has 0 radical (unpaired) electrons. The van der Waals surface area contributed by atoms with E-state index in [0.717, 1.165) is 38.4 Å². The standard InChI is InChI=1S/C21H25N3O3/c1-27-21(26)18-7-9-19(10-8-18)22-15-20(25)24-13-11-23(12-14-24)16-17-5-3-2-4-6-17/h2-10,22H,11-16H2,1H3. The largest absolute Gasteiger partial charge is 0.465 e. The molecule has 0 spiro atoms. The lowest BCUT2D eigenvalue weighted by Gasteiger charge is -2.34. The lowest BCUT2D eigenvalue weighted by molar-refractivity contribution is -0.131. The van der Waals surface area contributed by atoms with E-state index < -0.39 is 0 Å². The Labute approximate surface area is 159 Å². The zero-order valence-corrected chi connectivity index (χ0v) is 15.6. The first kappa shape index (κ1) is 18.9. The van der Waals surface area contributed by atoms with Gasteiger partial charge in [-0.15, -0.1) is 0 Å². The molecule has 0 unspecified atom stereocenters. The van der Waals surface area contributed by atoms with Crippen LogP contribution < -0.4 is 5.32 Å². The molecule has 0 bridgehead atoms. The van der Waals surface area contributed by atoms with Crippen LogP contribution in [0.15, 0.2) is 54.6 Å². The maximum Gasteiger partial charge on any atom is 0.337 e. The van der Waals surface area contributed by atoms with Gasteiger partial charge in [-0.05, 0) is 29.8 Å². The van der Waals surface area contributed by atoms with E-state index in [2.05, 4.69) is 39.2 Å². The van der Waals surface area contributed by atoms with Crippen LogP contribution in [0.1, 0.15) is 15.9 Å². The molecule has 0 saturated carbocycles. The molecule has 3 rings (SSSR count). The van der Waals surface area contributed by atoms with E-state index in [4.69, 9.17) is 0 Å². The zero-order valence-electron chi connectivity index (χ0n) is 15.6. The van der Waals surface area contributed by atoms with Crippen LogP contribution in [0.2, 0.25) is 0 Å². The third kappa shape index (κ3) is 5.31. The average molecular weight is 367 g/mol. The summed E-state index contributed by atoms with van der Waals surface area (Å²) >= 11 is 0. The molecule has 1 aliphatic rings. The number of amides is 1. The van der Waals surface area contributed by atoms with Gasteiger partial charge in [-0.1, -0.05) is 30.3 Å². The first-order chi connectivity index (χ1) is 13.2. The number of anilines is 1. The number of esters is 1. The Morgan fingerprint density at radius 3 is 2.26 bits per heavy atom. The minimum Gasteiger partial charge on any atom is -0.465 e. The van der Waals surface area contributed by atoms with Crippen molar-refractivity contribution in [2.24, 2.45) is 0 Å². The number of ether oxygens (including phenoxy) is 1. The summed E-state index contributed by atoms with van der Waals surface area (Å²) in [5.41, 5.74) is 2.59. The number of carbonyl (C=O) groups excluding carboxylic acids is 2. The third-order valence-corrected chi connectivity index (χ3v) is 4.72. The Morgan fingerprint density at radius 2 is 1.63 bits per heavy atom. The number of hydrogen-bond donors (Lipinski definition) is 1. The van der Waals surface area contributed by atoms with Crippen molar-refractivity contribution in [1.29, 1.82) is 0 Å². The summed E-state index contributed by atoms with van der Waals surface area (Å²) in [5.74, 6) is -0.280. The van der Waals surface area contributed by atoms with Crippen molar-refractivity contribution >= 4 is 17.6 Å². The lowest BCUT2D eigenvalue weighted by atomic mass is 10.2. The molecule has 0 aromatic heterocycles. The Hall–Kier alpha value is -2.86. The summed E-state index contributed by atoms with van der Waals surface area (Å²) in [6, 6.07) is 17.3. The van der Waals surface area contributed by atoms with Gasteiger partial charge in [0.15, 0.2) is 0 Å². The Morgan fingerprint density at radius 1 is 0.963 bits per heavy atom. The molecule has 27 heavy (non-hydrogen) atoms. The average Bonchev–Trinajstić information content (AvgIpc) is 2.73. The second-order valence-electron chi connectivity index (χ2n) is 6.57. The third-order valence-electron chi connectivity index (χ3n) is 4.72. The van der Waals surface area contributed by atoms with E-state index in [0.29, 0.717) is 5.56 Å². The van der Waals surface area contributed by atoms with Crippen molar-refractivity contribution in [3.8, 4) is 0 Å². The summed E-state index contributed by atoms with van der Waals surface area (Å²) in [6.45, 7) is 4.43. The molecule has 0 aliphatic carbocycles. The number of carbonyl (C=O) groups is 2. The molecule has 2 aromatic rings. The highest BCUT2D eigenvalue weighted by atomic mass is 16.5. The van der Waals surface area contributed by atoms with Gasteiger partial charge in [0.05, 0.1) is 19.2 Å². The smallest absolute Gasteiger partial charge is 0.337 e. The molecular weight excluding hydrogens is 342 g/mol. The zero-order chi connectivity index (χ0) is 19.1. The maximum absolute atomic E-state index is 12.4. The second-order valence-corrected chi connectivity index (χ2v) is 6.57. The van der Waals surface area contributed by atoms with Gasteiger partial charge in [0, 0.05) is 38.4 Å². The maximum atomic E-state index is 12.4. The van der Waals surface area contributed by atoms with E-state index in [9.17, 15) is 9.59 Å². The van der Waals surface area contributed by atoms with E-state index >= 15 is 0 Å². The molecule has 1 aliphatic heterocycles. The van der Waals surface area contributed by atoms with Crippen LogP contribution in [0.3, 0.4) is 0 Å². The van der Waals surface area contributed by atoms with Gasteiger partial charge in [0.2, 0.25) is 5.91 Å². The van der Waals surface area contributed by atoms with Crippen LogP contribution in [-0.2, 0) is 16.1 Å². The molecule has 6 heteroatoms. The van der Waals surface area contributed by atoms with Crippen LogP contribution in [0, 0.1) is 0 Å². The Balaban J connectivity index is 1.42. The summed E-state index contributed by atoms with van der Waals surface area (Å²) in [5, 5.41) is 3.12. The van der Waals surface area contributed by atoms with Gasteiger partial charge in [-0.3, -0.25) is 9.69 Å². The monoisotopic (exact) mass is 367 g/mol. The highest BCUT2D eigenvalue weighted by Crippen LogP contribution is 2.11. The minimum absolute atomic E-state index is 0.0893. The molecule has 1 amide bonds. The molecular formula is C21H25N3O3. The molecule has 2 aromatic carbocycles. The molecule has 1 saturated heterocycles. The number of hydrogen-bond acceptors (Lipinski definition) is 5. The van der Waals surface area contributed by atoms with Crippen LogP contribution in [0.25, 0.3) is 0 Å². The summed E-state index contributed by atoms with van der Waals surface area (Å²) in [4.78, 5) is 28.1. The fourth-order valence-corrected chi connectivity index (χ4v) is 3.13. The minimum atomic E-state index is -0.369. The first-order valence-electron chi connectivity index (χ1n) is 9.12. The number of benzene rings is 2. The van der Waals surface area contributed by atoms with Crippen molar-refractivity contribution in [2.75, 3.05) is 45.2 Å². The summed E-state index contributed by atoms with van der Waals surface area (Å²) in [7, 11) is 1.35. The van der Waals surface area contributed by atoms with Crippen LogP contribution in [-0.4, -0.2) is 61.5 Å². The molecule has 6 nitrogen and oxygen atoms in total. The number of methoxy groups -OCH3 is 1. The molecule has 142 valence electrons. The number of nitrogens with zero attached hydrogens (tertiary/aromatic N) is 2. The molecule has 1 heterocycles. The van der Waals surface area contributed by atoms with Crippen LogP contribution in [0.5, 0.6) is 0 Å². The Kier molecular flexibility index (Phi) is 6.44. The highest BCUT2D eigenvalue weighted by molar-refractivity contribution is 5.89. The predicted octanol–water partition coefficient (Wildman–Crippen LogP) is 2.23. The normalized spacial score (nSPS) is 14.6.